The van der Waals surface area contributed by atoms with Crippen LogP contribution in [0.4, 0.5) is 0 Å². The Hall–Kier alpha value is -2.53. The molecular formula is C10H9N5O2. The Morgan fingerprint density at radius 3 is 3.00 bits per heavy atom. The lowest BCUT2D eigenvalue weighted by Crippen LogP contribution is -2.11. The number of fused-ring (bicyclic) bond motifs is 1. The summed E-state index contributed by atoms with van der Waals surface area (Å²) in [7, 11) is 0. The van der Waals surface area contributed by atoms with Gasteiger partial charge in [-0.25, -0.2) is 4.79 Å². The molecule has 1 heterocycles. The van der Waals surface area contributed by atoms with Crippen molar-refractivity contribution in [3.05, 3.63) is 40.4 Å². The molecule has 0 unspecified atom stereocenters. The van der Waals surface area contributed by atoms with Crippen LogP contribution in [0.15, 0.2) is 29.4 Å². The van der Waals surface area contributed by atoms with Gasteiger partial charge in [0.05, 0.1) is 5.52 Å². The standard InChI is InChI=1S/C10H9N5O2/c11-14-12-5-6-15-9(10(16)17)7-3-1-2-4-8(7)13-15/h1-4H,5-6H2,(H,16,17). The summed E-state index contributed by atoms with van der Waals surface area (Å²) >= 11 is 0. The van der Waals surface area contributed by atoms with Crippen molar-refractivity contribution in [1.29, 1.82) is 0 Å². The maximum Gasteiger partial charge on any atom is 0.354 e. The fourth-order valence-electron chi connectivity index (χ4n) is 1.65. The van der Waals surface area contributed by atoms with Gasteiger partial charge in [0, 0.05) is 23.4 Å². The Morgan fingerprint density at radius 1 is 1.53 bits per heavy atom. The SMILES string of the molecule is [N-]=[N+]=NCCn1nc2ccccc2c1C(=O)O. The molecular weight excluding hydrogens is 222 g/mol. The molecule has 0 saturated carbocycles. The van der Waals surface area contributed by atoms with Gasteiger partial charge in [-0.15, -0.1) is 0 Å². The molecule has 17 heavy (non-hydrogen) atoms. The molecule has 0 atom stereocenters. The van der Waals surface area contributed by atoms with E-state index < -0.39 is 5.97 Å². The minimum absolute atomic E-state index is 0.119. The highest BCUT2D eigenvalue weighted by molar-refractivity contribution is 6.01. The van der Waals surface area contributed by atoms with Gasteiger partial charge in [-0.2, -0.15) is 5.10 Å². The second-order valence-corrected chi connectivity index (χ2v) is 3.35. The largest absolute Gasteiger partial charge is 0.477 e. The van der Waals surface area contributed by atoms with Crippen LogP contribution >= 0.6 is 0 Å². The van der Waals surface area contributed by atoms with Gasteiger partial charge in [-0.3, -0.25) is 4.68 Å². The van der Waals surface area contributed by atoms with Gasteiger partial charge in [0.2, 0.25) is 0 Å². The van der Waals surface area contributed by atoms with Crippen molar-refractivity contribution in [2.24, 2.45) is 5.11 Å². The van der Waals surface area contributed by atoms with Crippen molar-refractivity contribution in [2.75, 3.05) is 6.54 Å². The first-order chi connectivity index (χ1) is 8.24. The first kappa shape index (κ1) is 11.0. The molecule has 0 amide bonds. The molecule has 1 N–H and O–H groups in total. The van der Waals surface area contributed by atoms with E-state index in [4.69, 9.17) is 10.6 Å². The van der Waals surface area contributed by atoms with E-state index in [0.29, 0.717) is 10.9 Å². The van der Waals surface area contributed by atoms with E-state index in [0.717, 1.165) is 0 Å². The van der Waals surface area contributed by atoms with Gasteiger partial charge in [-0.1, -0.05) is 23.3 Å². The van der Waals surface area contributed by atoms with Crippen molar-refractivity contribution in [3.8, 4) is 0 Å². The van der Waals surface area contributed by atoms with Crippen molar-refractivity contribution in [1.82, 2.24) is 9.78 Å². The van der Waals surface area contributed by atoms with E-state index in [1.165, 1.54) is 4.68 Å². The van der Waals surface area contributed by atoms with E-state index in [9.17, 15) is 4.79 Å². The zero-order valence-corrected chi connectivity index (χ0v) is 8.82. The van der Waals surface area contributed by atoms with Crippen LogP contribution in [0.2, 0.25) is 0 Å². The summed E-state index contributed by atoms with van der Waals surface area (Å²) < 4.78 is 1.35. The van der Waals surface area contributed by atoms with E-state index >= 15 is 0 Å². The van der Waals surface area contributed by atoms with Gasteiger partial charge in [-0.05, 0) is 11.6 Å². The van der Waals surface area contributed by atoms with E-state index in [1.54, 1.807) is 24.3 Å². The number of aromatic nitrogens is 2. The molecule has 0 fully saturated rings. The highest BCUT2D eigenvalue weighted by Crippen LogP contribution is 2.17. The number of hydrogen-bond donors (Lipinski definition) is 1. The Labute approximate surface area is 95.9 Å². The number of carboxylic acids is 1. The summed E-state index contributed by atoms with van der Waals surface area (Å²) in [6, 6.07) is 6.99. The lowest BCUT2D eigenvalue weighted by atomic mass is 10.2. The van der Waals surface area contributed by atoms with Gasteiger partial charge < -0.3 is 5.11 Å². The first-order valence-electron chi connectivity index (χ1n) is 4.93. The van der Waals surface area contributed by atoms with E-state index in [1.807, 2.05) is 0 Å². The van der Waals surface area contributed by atoms with Crippen molar-refractivity contribution in [2.45, 2.75) is 6.54 Å². The number of benzene rings is 1. The molecule has 0 aliphatic heterocycles. The third-order valence-electron chi connectivity index (χ3n) is 2.32. The van der Waals surface area contributed by atoms with Crippen molar-refractivity contribution in [3.63, 3.8) is 0 Å². The molecule has 7 nitrogen and oxygen atoms in total. The summed E-state index contributed by atoms with van der Waals surface area (Å²) in [6.07, 6.45) is 0. The summed E-state index contributed by atoms with van der Waals surface area (Å²) in [5.74, 6) is -1.04. The third-order valence-corrected chi connectivity index (χ3v) is 2.32. The normalized spacial score (nSPS) is 10.1. The van der Waals surface area contributed by atoms with Crippen LogP contribution in [0.5, 0.6) is 0 Å². The molecule has 0 saturated heterocycles. The molecule has 1 aromatic heterocycles. The number of aromatic carboxylic acids is 1. The molecule has 1 aromatic carbocycles. The summed E-state index contributed by atoms with van der Waals surface area (Å²) in [5, 5.41) is 17.3. The van der Waals surface area contributed by atoms with Gasteiger partial charge in [0.1, 0.15) is 0 Å². The molecule has 0 bridgehead atoms. The predicted molar refractivity (Wildman–Crippen MR) is 60.7 cm³/mol. The second kappa shape index (κ2) is 4.54. The average Bonchev–Trinajstić information content (AvgIpc) is 2.67. The monoisotopic (exact) mass is 231 g/mol. The number of carboxylic acid groups (broad SMARTS) is 1. The highest BCUT2D eigenvalue weighted by Gasteiger charge is 2.16. The molecule has 0 aliphatic rings. The summed E-state index contributed by atoms with van der Waals surface area (Å²) in [5.41, 5.74) is 8.91. The fraction of sp³-hybridized carbons (Fsp3) is 0.200. The first-order valence-corrected chi connectivity index (χ1v) is 4.93. The maximum absolute atomic E-state index is 11.2. The number of hydrogen-bond acceptors (Lipinski definition) is 3. The van der Waals surface area contributed by atoms with Crippen molar-refractivity contribution >= 4 is 16.9 Å². The van der Waals surface area contributed by atoms with Crippen LogP contribution in [-0.4, -0.2) is 27.4 Å². The number of carbonyl (C=O) groups is 1. The average molecular weight is 231 g/mol. The number of nitrogens with zero attached hydrogens (tertiary/aromatic N) is 5. The zero-order valence-electron chi connectivity index (χ0n) is 8.82. The van der Waals surface area contributed by atoms with Gasteiger partial charge in [0.25, 0.3) is 0 Å². The van der Waals surface area contributed by atoms with Crippen LogP contribution < -0.4 is 0 Å². The molecule has 86 valence electrons. The third kappa shape index (κ3) is 2.04. The van der Waals surface area contributed by atoms with Gasteiger partial charge >= 0.3 is 5.97 Å². The summed E-state index contributed by atoms with van der Waals surface area (Å²) in [4.78, 5) is 13.8. The van der Waals surface area contributed by atoms with Crippen molar-refractivity contribution < 1.29 is 9.90 Å². The minimum Gasteiger partial charge on any atom is -0.477 e. The molecule has 2 rings (SSSR count). The Kier molecular flexibility index (Phi) is 2.93. The highest BCUT2D eigenvalue weighted by atomic mass is 16.4. The smallest absolute Gasteiger partial charge is 0.354 e. The van der Waals surface area contributed by atoms with Crippen LogP contribution in [0.25, 0.3) is 21.3 Å². The van der Waals surface area contributed by atoms with Crippen LogP contribution in [0.1, 0.15) is 10.5 Å². The van der Waals surface area contributed by atoms with Gasteiger partial charge in [0.15, 0.2) is 5.69 Å². The fourth-order valence-corrected chi connectivity index (χ4v) is 1.65. The number of rotatable bonds is 4. The molecule has 7 heteroatoms. The molecule has 2 aromatic rings. The summed E-state index contributed by atoms with van der Waals surface area (Å²) in [6.45, 7) is 0.422. The quantitative estimate of drug-likeness (QED) is 0.494. The lowest BCUT2D eigenvalue weighted by molar-refractivity contribution is 0.0685. The molecule has 0 radical (unpaired) electrons. The Balaban J connectivity index is 2.49. The van der Waals surface area contributed by atoms with E-state index in [2.05, 4.69) is 15.1 Å². The topological polar surface area (TPSA) is 104 Å². The zero-order chi connectivity index (χ0) is 12.3. The van der Waals surface area contributed by atoms with Crippen LogP contribution in [-0.2, 0) is 6.54 Å². The van der Waals surface area contributed by atoms with Crippen LogP contribution in [0, 0.1) is 0 Å². The minimum atomic E-state index is -1.04. The molecule has 0 spiro atoms. The molecule has 0 aliphatic carbocycles. The van der Waals surface area contributed by atoms with Crippen LogP contribution in [0.3, 0.4) is 0 Å². The predicted octanol–water partition coefficient (Wildman–Crippen LogP) is 2.04. The van der Waals surface area contributed by atoms with E-state index in [-0.39, 0.29) is 18.8 Å². The maximum atomic E-state index is 11.2. The number of azide groups is 1. The Bertz CT molecular complexity index is 612. The second-order valence-electron chi connectivity index (χ2n) is 3.35. The lowest BCUT2D eigenvalue weighted by Gasteiger charge is -2.00. The Morgan fingerprint density at radius 2 is 2.29 bits per heavy atom.